The van der Waals surface area contributed by atoms with Crippen molar-refractivity contribution in [3.05, 3.63) is 58.6 Å². The summed E-state index contributed by atoms with van der Waals surface area (Å²) in [5, 5.41) is 12.0. The molecule has 3 rings (SSSR count). The summed E-state index contributed by atoms with van der Waals surface area (Å²) in [5.74, 6) is -1.74. The van der Waals surface area contributed by atoms with Gasteiger partial charge in [-0.25, -0.2) is 9.69 Å². The molecule has 0 radical (unpaired) electrons. The van der Waals surface area contributed by atoms with Crippen LogP contribution in [0, 0.1) is 0 Å². The number of hydrogen-bond donors (Lipinski definition) is 2. The number of anilines is 2. The first kappa shape index (κ1) is 16.2. The molecule has 2 aromatic carbocycles. The molecule has 24 heavy (non-hydrogen) atoms. The third-order valence-corrected chi connectivity index (χ3v) is 4.23. The highest BCUT2D eigenvalue weighted by molar-refractivity contribution is 9.10. The fourth-order valence-electron chi connectivity index (χ4n) is 2.52. The highest BCUT2D eigenvalue weighted by Gasteiger charge is 2.39. The molecule has 1 atom stereocenters. The molecule has 6 nitrogen and oxygen atoms in total. The third-order valence-electron chi connectivity index (χ3n) is 3.70. The van der Waals surface area contributed by atoms with E-state index >= 15 is 0 Å². The second-order valence-electron chi connectivity index (χ2n) is 5.33. The first-order chi connectivity index (χ1) is 11.5. The van der Waals surface area contributed by atoms with Crippen LogP contribution in [0.3, 0.4) is 0 Å². The number of rotatable bonds is 4. The molecule has 2 aromatic rings. The number of nitrogens with one attached hydrogen (secondary N) is 1. The van der Waals surface area contributed by atoms with Crippen molar-refractivity contribution in [3.8, 4) is 0 Å². The fraction of sp³-hybridized carbons (Fsp3) is 0.118. The zero-order valence-electron chi connectivity index (χ0n) is 12.4. The van der Waals surface area contributed by atoms with E-state index in [4.69, 9.17) is 5.11 Å². The molecule has 0 aliphatic carbocycles. The largest absolute Gasteiger partial charge is 0.478 e. The van der Waals surface area contributed by atoms with Crippen LogP contribution in [0.15, 0.2) is 53.0 Å². The van der Waals surface area contributed by atoms with Crippen molar-refractivity contribution < 1.29 is 19.5 Å². The van der Waals surface area contributed by atoms with Crippen LogP contribution < -0.4 is 10.2 Å². The van der Waals surface area contributed by atoms with Gasteiger partial charge in [0.05, 0.1) is 17.7 Å². The maximum Gasteiger partial charge on any atom is 0.335 e. The van der Waals surface area contributed by atoms with Gasteiger partial charge in [-0.15, -0.1) is 0 Å². The lowest BCUT2D eigenvalue weighted by atomic mass is 10.2. The van der Waals surface area contributed by atoms with Crippen LogP contribution in [-0.2, 0) is 9.59 Å². The predicted octanol–water partition coefficient (Wildman–Crippen LogP) is 2.89. The van der Waals surface area contributed by atoms with Crippen molar-refractivity contribution in [2.24, 2.45) is 0 Å². The molecule has 0 spiro atoms. The number of carboxylic acid groups (broad SMARTS) is 1. The Hall–Kier alpha value is -2.67. The van der Waals surface area contributed by atoms with Gasteiger partial charge in [-0.05, 0) is 48.5 Å². The van der Waals surface area contributed by atoms with Crippen LogP contribution >= 0.6 is 15.9 Å². The molecule has 1 saturated heterocycles. The van der Waals surface area contributed by atoms with Gasteiger partial charge in [-0.3, -0.25) is 9.59 Å². The summed E-state index contributed by atoms with van der Waals surface area (Å²) >= 11 is 3.34. The molecule has 122 valence electrons. The lowest BCUT2D eigenvalue weighted by Gasteiger charge is -2.16. The van der Waals surface area contributed by atoms with Crippen molar-refractivity contribution in [2.45, 2.75) is 12.5 Å². The van der Waals surface area contributed by atoms with Gasteiger partial charge < -0.3 is 10.4 Å². The average molecular weight is 389 g/mol. The second kappa shape index (κ2) is 6.45. The number of amides is 2. The van der Waals surface area contributed by atoms with Gasteiger partial charge in [-0.1, -0.05) is 15.9 Å². The normalized spacial score (nSPS) is 17.2. The van der Waals surface area contributed by atoms with Crippen LogP contribution in [-0.4, -0.2) is 28.9 Å². The quantitative estimate of drug-likeness (QED) is 0.786. The van der Waals surface area contributed by atoms with E-state index in [1.807, 2.05) is 24.3 Å². The number of carboxylic acids is 1. The van der Waals surface area contributed by atoms with E-state index in [2.05, 4.69) is 21.2 Å². The lowest BCUT2D eigenvalue weighted by Crippen LogP contribution is -2.34. The first-order valence-electron chi connectivity index (χ1n) is 7.18. The summed E-state index contributed by atoms with van der Waals surface area (Å²) < 4.78 is 0.919. The molecule has 0 bridgehead atoms. The number of aromatic carboxylic acids is 1. The van der Waals surface area contributed by atoms with E-state index in [9.17, 15) is 14.4 Å². The zero-order valence-corrected chi connectivity index (χ0v) is 14.0. The van der Waals surface area contributed by atoms with Gasteiger partial charge in [0, 0.05) is 10.2 Å². The monoisotopic (exact) mass is 388 g/mol. The molecular formula is C17H13BrN2O4. The van der Waals surface area contributed by atoms with Gasteiger partial charge in [0.2, 0.25) is 5.91 Å². The molecule has 0 saturated carbocycles. The minimum Gasteiger partial charge on any atom is -0.478 e. The highest BCUT2D eigenvalue weighted by atomic mass is 79.9. The Morgan fingerprint density at radius 2 is 1.71 bits per heavy atom. The molecular weight excluding hydrogens is 376 g/mol. The molecule has 2 N–H and O–H groups in total. The number of imide groups is 1. The Morgan fingerprint density at radius 3 is 2.29 bits per heavy atom. The summed E-state index contributed by atoms with van der Waals surface area (Å²) in [5.41, 5.74) is 1.21. The van der Waals surface area contributed by atoms with Crippen molar-refractivity contribution in [1.29, 1.82) is 0 Å². The summed E-state index contributed by atoms with van der Waals surface area (Å²) in [4.78, 5) is 36.7. The van der Waals surface area contributed by atoms with Crippen molar-refractivity contribution >= 4 is 45.1 Å². The molecule has 2 amide bonds. The smallest absolute Gasteiger partial charge is 0.335 e. The minimum atomic E-state index is -1.06. The van der Waals surface area contributed by atoms with Gasteiger partial charge in [-0.2, -0.15) is 0 Å². The number of carbonyl (C=O) groups excluding carboxylic acids is 2. The molecule has 1 aliphatic rings. The van der Waals surface area contributed by atoms with E-state index in [1.54, 1.807) is 0 Å². The topological polar surface area (TPSA) is 86.7 Å². The fourth-order valence-corrected chi connectivity index (χ4v) is 2.78. The van der Waals surface area contributed by atoms with Gasteiger partial charge >= 0.3 is 5.97 Å². The van der Waals surface area contributed by atoms with E-state index in [1.165, 1.54) is 24.3 Å². The van der Waals surface area contributed by atoms with Crippen LogP contribution in [0.25, 0.3) is 0 Å². The van der Waals surface area contributed by atoms with E-state index in [0.29, 0.717) is 5.69 Å². The van der Waals surface area contributed by atoms with Crippen LogP contribution in [0.1, 0.15) is 16.8 Å². The number of carbonyl (C=O) groups is 3. The summed E-state index contributed by atoms with van der Waals surface area (Å²) in [6.45, 7) is 0. The standard InChI is InChI=1S/C17H13BrN2O4/c18-11-3-5-12(6-4-11)19-14-9-15(21)20(16(14)22)13-7-1-10(2-8-13)17(23)24/h1-8,14,19H,9H2,(H,23,24). The Balaban J connectivity index is 1.78. The number of nitrogens with zero attached hydrogens (tertiary/aromatic N) is 1. The summed E-state index contributed by atoms with van der Waals surface area (Å²) in [7, 11) is 0. The number of hydrogen-bond acceptors (Lipinski definition) is 4. The Kier molecular flexibility index (Phi) is 4.35. The van der Waals surface area contributed by atoms with Gasteiger partial charge in [0.1, 0.15) is 6.04 Å². The Bertz CT molecular complexity index is 802. The SMILES string of the molecule is O=C(O)c1ccc(N2C(=O)CC(Nc3ccc(Br)cc3)C2=O)cc1. The maximum absolute atomic E-state index is 12.5. The molecule has 1 aliphatic heterocycles. The van der Waals surface area contributed by atoms with Gasteiger partial charge in [0.15, 0.2) is 0 Å². The maximum atomic E-state index is 12.5. The third kappa shape index (κ3) is 3.16. The first-order valence-corrected chi connectivity index (χ1v) is 7.97. The summed E-state index contributed by atoms with van der Waals surface area (Å²) in [6, 6.07) is 12.3. The molecule has 7 heteroatoms. The van der Waals surface area contributed by atoms with E-state index in [-0.39, 0.29) is 23.8 Å². The van der Waals surface area contributed by atoms with Crippen LogP contribution in [0.4, 0.5) is 11.4 Å². The Morgan fingerprint density at radius 1 is 1.08 bits per heavy atom. The molecule has 1 fully saturated rings. The molecule has 1 heterocycles. The van der Waals surface area contributed by atoms with Crippen molar-refractivity contribution in [1.82, 2.24) is 0 Å². The Labute approximate surface area is 146 Å². The minimum absolute atomic E-state index is 0.0512. The highest BCUT2D eigenvalue weighted by Crippen LogP contribution is 2.25. The predicted molar refractivity (Wildman–Crippen MR) is 92.1 cm³/mol. The number of halogens is 1. The molecule has 0 aromatic heterocycles. The van der Waals surface area contributed by atoms with Gasteiger partial charge in [0.25, 0.3) is 5.91 Å². The lowest BCUT2D eigenvalue weighted by molar-refractivity contribution is -0.121. The summed E-state index contributed by atoms with van der Waals surface area (Å²) in [6.07, 6.45) is 0.0512. The average Bonchev–Trinajstić information content (AvgIpc) is 2.83. The second-order valence-corrected chi connectivity index (χ2v) is 6.24. The number of benzene rings is 2. The van der Waals surface area contributed by atoms with Crippen LogP contribution in [0.2, 0.25) is 0 Å². The zero-order chi connectivity index (χ0) is 17.3. The van der Waals surface area contributed by atoms with Crippen LogP contribution in [0.5, 0.6) is 0 Å². The van der Waals surface area contributed by atoms with Crippen molar-refractivity contribution in [3.63, 3.8) is 0 Å². The van der Waals surface area contributed by atoms with E-state index in [0.717, 1.165) is 15.1 Å². The van der Waals surface area contributed by atoms with Crippen molar-refractivity contribution in [2.75, 3.05) is 10.2 Å². The van der Waals surface area contributed by atoms with E-state index < -0.39 is 12.0 Å². The molecule has 1 unspecified atom stereocenters.